The summed E-state index contributed by atoms with van der Waals surface area (Å²) >= 11 is 0. The molecule has 8 heteroatoms. The number of carbonyl (C=O) groups is 1. The van der Waals surface area contributed by atoms with Crippen molar-refractivity contribution in [3.8, 4) is 22.9 Å². The van der Waals surface area contributed by atoms with Crippen LogP contribution in [0.4, 0.5) is 11.4 Å². The predicted molar refractivity (Wildman–Crippen MR) is 139 cm³/mol. The van der Waals surface area contributed by atoms with E-state index < -0.39 is 0 Å². The van der Waals surface area contributed by atoms with Gasteiger partial charge in [-0.3, -0.25) is 4.79 Å². The highest BCUT2D eigenvalue weighted by Gasteiger charge is 2.16. The number of hydrogen-bond donors (Lipinski definition) is 3. The Labute approximate surface area is 204 Å². The Morgan fingerprint density at radius 1 is 1.11 bits per heavy atom. The first-order valence-corrected chi connectivity index (χ1v) is 11.7. The Balaban J connectivity index is 1.33. The van der Waals surface area contributed by atoms with Gasteiger partial charge in [-0.1, -0.05) is 24.8 Å². The molecule has 0 atom stereocenters. The van der Waals surface area contributed by atoms with Gasteiger partial charge in [-0.15, -0.1) is 0 Å². The summed E-state index contributed by atoms with van der Waals surface area (Å²) in [5, 5.41) is 7.16. The van der Waals surface area contributed by atoms with Crippen LogP contribution in [0.2, 0.25) is 0 Å². The highest BCUT2D eigenvalue weighted by atomic mass is 16.5. The van der Waals surface area contributed by atoms with Gasteiger partial charge in [-0.2, -0.15) is 0 Å². The number of amides is 1. The fourth-order valence-electron chi connectivity index (χ4n) is 4.23. The van der Waals surface area contributed by atoms with E-state index in [0.717, 1.165) is 48.3 Å². The molecule has 1 amide bonds. The van der Waals surface area contributed by atoms with Gasteiger partial charge in [0.05, 0.1) is 5.39 Å². The SMILES string of the molecule is C=CC(=O)Nc1cccc(Oc2ncnc3[nH]c(-c4ccc(NC5CCN(C)CC5)cc4)cc23)c1. The Morgan fingerprint density at radius 3 is 2.69 bits per heavy atom. The molecule has 3 heterocycles. The molecule has 5 rings (SSSR count). The number of carbonyl (C=O) groups excluding carboxylic acids is 1. The number of rotatable bonds is 7. The second-order valence-electron chi connectivity index (χ2n) is 8.75. The Morgan fingerprint density at radius 2 is 1.91 bits per heavy atom. The summed E-state index contributed by atoms with van der Waals surface area (Å²) in [6, 6.07) is 18.1. The van der Waals surface area contributed by atoms with Crippen LogP contribution in [0.3, 0.4) is 0 Å². The molecule has 0 bridgehead atoms. The summed E-state index contributed by atoms with van der Waals surface area (Å²) in [7, 11) is 2.17. The molecule has 178 valence electrons. The van der Waals surface area contributed by atoms with Gasteiger partial charge in [0, 0.05) is 29.2 Å². The van der Waals surface area contributed by atoms with E-state index in [1.54, 1.807) is 24.3 Å². The topological polar surface area (TPSA) is 95.2 Å². The molecule has 1 saturated heterocycles. The summed E-state index contributed by atoms with van der Waals surface area (Å²) in [5.41, 5.74) is 4.42. The zero-order valence-corrected chi connectivity index (χ0v) is 19.6. The van der Waals surface area contributed by atoms with Gasteiger partial charge >= 0.3 is 0 Å². The van der Waals surface area contributed by atoms with Gasteiger partial charge in [-0.05, 0) is 75.0 Å². The lowest BCUT2D eigenvalue weighted by Crippen LogP contribution is -2.36. The first kappa shape index (κ1) is 22.6. The smallest absolute Gasteiger partial charge is 0.247 e. The number of benzene rings is 2. The van der Waals surface area contributed by atoms with Crippen LogP contribution in [-0.2, 0) is 4.79 Å². The predicted octanol–water partition coefficient (Wildman–Crippen LogP) is 5.05. The van der Waals surface area contributed by atoms with Gasteiger partial charge in [0.25, 0.3) is 0 Å². The summed E-state index contributed by atoms with van der Waals surface area (Å²) in [5.74, 6) is 0.707. The number of ether oxygens (including phenoxy) is 1. The summed E-state index contributed by atoms with van der Waals surface area (Å²) < 4.78 is 6.05. The van der Waals surface area contributed by atoms with E-state index >= 15 is 0 Å². The zero-order valence-electron chi connectivity index (χ0n) is 19.6. The molecule has 0 saturated carbocycles. The normalized spacial score (nSPS) is 14.5. The van der Waals surface area contributed by atoms with Crippen LogP contribution in [0.1, 0.15) is 12.8 Å². The van der Waals surface area contributed by atoms with Gasteiger partial charge in [0.2, 0.25) is 11.8 Å². The number of nitrogens with one attached hydrogen (secondary N) is 3. The Kier molecular flexibility index (Phi) is 6.45. The molecule has 2 aromatic heterocycles. The molecule has 1 fully saturated rings. The second-order valence-corrected chi connectivity index (χ2v) is 8.75. The molecule has 4 aromatic rings. The molecule has 2 aromatic carbocycles. The van der Waals surface area contributed by atoms with E-state index in [1.165, 1.54) is 12.4 Å². The number of fused-ring (bicyclic) bond motifs is 1. The van der Waals surface area contributed by atoms with Crippen molar-refractivity contribution in [3.05, 3.63) is 73.6 Å². The van der Waals surface area contributed by atoms with Crippen LogP contribution in [0, 0.1) is 0 Å². The van der Waals surface area contributed by atoms with Crippen molar-refractivity contribution in [1.82, 2.24) is 19.9 Å². The van der Waals surface area contributed by atoms with E-state index in [0.29, 0.717) is 29.0 Å². The number of aromatic nitrogens is 3. The molecule has 1 aliphatic heterocycles. The molecule has 35 heavy (non-hydrogen) atoms. The van der Waals surface area contributed by atoms with Crippen LogP contribution in [0.5, 0.6) is 11.6 Å². The van der Waals surface area contributed by atoms with Crippen molar-refractivity contribution in [1.29, 1.82) is 0 Å². The van der Waals surface area contributed by atoms with Crippen LogP contribution < -0.4 is 15.4 Å². The van der Waals surface area contributed by atoms with E-state index in [2.05, 4.69) is 68.4 Å². The maximum absolute atomic E-state index is 11.6. The first-order valence-electron chi connectivity index (χ1n) is 11.7. The fraction of sp³-hybridized carbons (Fsp3) is 0.222. The van der Waals surface area contributed by atoms with Gasteiger partial charge in [0.15, 0.2) is 0 Å². The minimum Gasteiger partial charge on any atom is -0.438 e. The second kappa shape index (κ2) is 9.99. The third-order valence-corrected chi connectivity index (χ3v) is 6.18. The van der Waals surface area contributed by atoms with Crippen molar-refractivity contribution in [3.63, 3.8) is 0 Å². The minimum atomic E-state index is -0.283. The van der Waals surface area contributed by atoms with Crippen LogP contribution in [0.15, 0.2) is 73.6 Å². The lowest BCUT2D eigenvalue weighted by Gasteiger charge is -2.30. The third-order valence-electron chi connectivity index (χ3n) is 6.18. The van der Waals surface area contributed by atoms with Crippen LogP contribution in [0.25, 0.3) is 22.3 Å². The summed E-state index contributed by atoms with van der Waals surface area (Å²) in [6.45, 7) is 5.73. The average Bonchev–Trinajstić information content (AvgIpc) is 3.32. The molecule has 0 spiro atoms. The van der Waals surface area contributed by atoms with Crippen LogP contribution >= 0.6 is 0 Å². The monoisotopic (exact) mass is 468 g/mol. The van der Waals surface area contributed by atoms with Gasteiger partial charge in [0.1, 0.15) is 17.7 Å². The lowest BCUT2D eigenvalue weighted by atomic mass is 10.0. The number of H-pyrrole nitrogens is 1. The van der Waals surface area contributed by atoms with E-state index in [-0.39, 0.29) is 5.91 Å². The van der Waals surface area contributed by atoms with Crippen molar-refractivity contribution in [2.45, 2.75) is 18.9 Å². The molecule has 0 radical (unpaired) electrons. The number of likely N-dealkylation sites (tertiary alicyclic amines) is 1. The van der Waals surface area contributed by atoms with Crippen molar-refractivity contribution < 1.29 is 9.53 Å². The third kappa shape index (κ3) is 5.33. The summed E-state index contributed by atoms with van der Waals surface area (Å²) in [6.07, 6.45) is 5.01. The highest BCUT2D eigenvalue weighted by Crippen LogP contribution is 2.32. The Hall–Kier alpha value is -4.17. The minimum absolute atomic E-state index is 0.283. The number of hydrogen-bond acceptors (Lipinski definition) is 6. The zero-order chi connectivity index (χ0) is 24.2. The number of nitrogens with zero attached hydrogens (tertiary/aromatic N) is 3. The summed E-state index contributed by atoms with van der Waals surface area (Å²) in [4.78, 5) is 26.0. The lowest BCUT2D eigenvalue weighted by molar-refractivity contribution is -0.111. The molecule has 1 aliphatic rings. The first-order chi connectivity index (χ1) is 17.1. The van der Waals surface area contributed by atoms with E-state index in [9.17, 15) is 4.79 Å². The van der Waals surface area contributed by atoms with Crippen molar-refractivity contribution in [2.24, 2.45) is 0 Å². The van der Waals surface area contributed by atoms with Gasteiger partial charge in [-0.25, -0.2) is 9.97 Å². The number of aromatic amines is 1. The fourth-order valence-corrected chi connectivity index (χ4v) is 4.23. The highest BCUT2D eigenvalue weighted by molar-refractivity contribution is 5.99. The Bertz CT molecular complexity index is 1340. The number of piperidine rings is 1. The molecule has 8 nitrogen and oxygen atoms in total. The molecule has 0 aliphatic carbocycles. The van der Waals surface area contributed by atoms with Crippen molar-refractivity contribution >= 4 is 28.3 Å². The van der Waals surface area contributed by atoms with Crippen LogP contribution in [-0.4, -0.2) is 51.9 Å². The maximum atomic E-state index is 11.6. The van der Waals surface area contributed by atoms with E-state index in [4.69, 9.17) is 4.74 Å². The molecular weight excluding hydrogens is 440 g/mol. The molecular formula is C27H28N6O2. The molecule has 3 N–H and O–H groups in total. The van der Waals surface area contributed by atoms with Gasteiger partial charge < -0.3 is 25.3 Å². The van der Waals surface area contributed by atoms with E-state index in [1.807, 2.05) is 6.07 Å². The average molecular weight is 469 g/mol. The largest absolute Gasteiger partial charge is 0.438 e. The quantitative estimate of drug-likeness (QED) is 0.329. The number of anilines is 2. The maximum Gasteiger partial charge on any atom is 0.247 e. The van der Waals surface area contributed by atoms with Crippen molar-refractivity contribution in [2.75, 3.05) is 30.8 Å². The standard InChI is InChI=1S/C27H28N6O2/c1-3-25(34)31-21-5-4-6-22(15-21)35-27-23-16-24(32-26(23)28-17-29-27)18-7-9-19(10-8-18)30-20-11-13-33(2)14-12-20/h3-10,15-17,20,30H,1,11-14H2,2H3,(H,31,34)(H,28,29,32). The molecule has 0 unspecified atom stereocenters.